The molecule has 35 heavy (non-hydrogen) atoms. The molecule has 0 bridgehead atoms. The molecule has 3 aromatic rings. The van der Waals surface area contributed by atoms with Crippen LogP contribution in [0.2, 0.25) is 0 Å². The number of amides is 1. The maximum absolute atomic E-state index is 13.3. The molecule has 0 spiro atoms. The summed E-state index contributed by atoms with van der Waals surface area (Å²) in [7, 11) is -3.83. The van der Waals surface area contributed by atoms with Crippen LogP contribution in [0.4, 0.5) is 5.69 Å². The van der Waals surface area contributed by atoms with Crippen molar-refractivity contribution in [1.82, 2.24) is 4.31 Å². The minimum Gasteiger partial charge on any atom is -0.492 e. The monoisotopic (exact) mass is 496 g/mol. The topological polar surface area (TPSA) is 94.2 Å². The van der Waals surface area contributed by atoms with Crippen LogP contribution in [0.15, 0.2) is 77.7 Å². The molecular weight excluding hydrogens is 468 g/mol. The van der Waals surface area contributed by atoms with E-state index in [1.807, 2.05) is 42.5 Å². The summed E-state index contributed by atoms with van der Waals surface area (Å²) in [6, 6.07) is 21.1. The Labute approximate surface area is 205 Å². The Bertz CT molecular complexity index is 1260. The molecule has 3 aromatic carbocycles. The number of nitrogens with one attached hydrogen (secondary N) is 1. The third kappa shape index (κ3) is 6.00. The van der Waals surface area contributed by atoms with Crippen molar-refractivity contribution in [3.8, 4) is 11.5 Å². The van der Waals surface area contributed by atoms with Gasteiger partial charge in [-0.1, -0.05) is 36.4 Å². The van der Waals surface area contributed by atoms with Crippen LogP contribution in [-0.4, -0.2) is 51.5 Å². The molecule has 9 heteroatoms. The molecular formula is C26H28N2O6S. The van der Waals surface area contributed by atoms with Gasteiger partial charge in [0.2, 0.25) is 10.0 Å². The number of carbonyl (C=O) groups is 1. The zero-order valence-corrected chi connectivity index (χ0v) is 20.3. The first kappa shape index (κ1) is 24.7. The molecule has 0 radical (unpaired) electrons. The van der Waals surface area contributed by atoms with Gasteiger partial charge in [-0.05, 0) is 43.3 Å². The Hall–Kier alpha value is -3.40. The van der Waals surface area contributed by atoms with Crippen molar-refractivity contribution in [2.45, 2.75) is 18.4 Å². The van der Waals surface area contributed by atoms with Crippen LogP contribution < -0.4 is 14.8 Å². The highest BCUT2D eigenvalue weighted by Gasteiger charge is 2.30. The molecule has 1 aliphatic heterocycles. The maximum atomic E-state index is 13.3. The number of hydrogen-bond donors (Lipinski definition) is 1. The summed E-state index contributed by atoms with van der Waals surface area (Å²) < 4.78 is 44.7. The van der Waals surface area contributed by atoms with Gasteiger partial charge < -0.3 is 19.5 Å². The Morgan fingerprint density at radius 3 is 2.43 bits per heavy atom. The van der Waals surface area contributed by atoms with E-state index in [9.17, 15) is 13.2 Å². The number of ether oxygens (including phenoxy) is 3. The van der Waals surface area contributed by atoms with Crippen LogP contribution in [0.1, 0.15) is 22.8 Å². The summed E-state index contributed by atoms with van der Waals surface area (Å²) in [6.07, 6.45) is 0. The molecule has 0 aliphatic carbocycles. The maximum Gasteiger partial charge on any atom is 0.256 e. The first-order chi connectivity index (χ1) is 17.0. The molecule has 8 nitrogen and oxygen atoms in total. The fraction of sp³-hybridized carbons (Fsp3) is 0.269. The quantitative estimate of drug-likeness (QED) is 0.482. The molecule has 0 aromatic heterocycles. The summed E-state index contributed by atoms with van der Waals surface area (Å²) in [4.78, 5) is 13.2. The minimum atomic E-state index is -3.83. The van der Waals surface area contributed by atoms with Crippen LogP contribution in [0.3, 0.4) is 0 Å². The van der Waals surface area contributed by atoms with Gasteiger partial charge in [0, 0.05) is 29.9 Å². The van der Waals surface area contributed by atoms with Gasteiger partial charge in [0.15, 0.2) is 0 Å². The molecule has 0 atom stereocenters. The smallest absolute Gasteiger partial charge is 0.256 e. The van der Waals surface area contributed by atoms with Crippen molar-refractivity contribution in [2.75, 3.05) is 38.2 Å². The summed E-state index contributed by atoms with van der Waals surface area (Å²) in [6.45, 7) is 3.51. The Morgan fingerprint density at radius 2 is 1.69 bits per heavy atom. The molecule has 1 saturated heterocycles. The normalized spacial score (nSPS) is 14.3. The zero-order valence-electron chi connectivity index (χ0n) is 19.5. The average molecular weight is 497 g/mol. The molecule has 1 fully saturated rings. The highest BCUT2D eigenvalue weighted by molar-refractivity contribution is 7.89. The van der Waals surface area contributed by atoms with Crippen LogP contribution in [0.5, 0.6) is 11.5 Å². The van der Waals surface area contributed by atoms with E-state index in [0.29, 0.717) is 42.4 Å². The van der Waals surface area contributed by atoms with E-state index >= 15 is 0 Å². The summed E-state index contributed by atoms with van der Waals surface area (Å²) >= 11 is 0. The number of sulfonamides is 1. The zero-order chi connectivity index (χ0) is 24.7. The predicted molar refractivity (Wildman–Crippen MR) is 132 cm³/mol. The third-order valence-electron chi connectivity index (χ3n) is 5.49. The van der Waals surface area contributed by atoms with Crippen molar-refractivity contribution in [1.29, 1.82) is 0 Å². The van der Waals surface area contributed by atoms with Crippen LogP contribution in [0, 0.1) is 0 Å². The van der Waals surface area contributed by atoms with Crippen molar-refractivity contribution in [2.24, 2.45) is 0 Å². The SMILES string of the molecule is CCOc1ccc(NC(=O)c2ccccc2COc2ccccc2)cc1S(=O)(=O)N1CCOCC1. The lowest BCUT2D eigenvalue weighted by Gasteiger charge is -2.27. The van der Waals surface area contributed by atoms with E-state index in [1.165, 1.54) is 10.4 Å². The molecule has 0 saturated carbocycles. The summed E-state index contributed by atoms with van der Waals surface area (Å²) in [5.41, 5.74) is 1.50. The standard InChI is InChI=1S/C26H28N2O6S/c1-2-33-24-13-12-21(18-25(24)35(30,31)28-14-16-32-17-15-28)27-26(29)23-11-7-6-8-20(23)19-34-22-9-4-3-5-10-22/h3-13,18H,2,14-17,19H2,1H3,(H,27,29). The van der Waals surface area contributed by atoms with Crippen molar-refractivity contribution < 1.29 is 27.4 Å². The summed E-state index contributed by atoms with van der Waals surface area (Å²) in [5.74, 6) is 0.581. The van der Waals surface area contributed by atoms with E-state index in [0.717, 1.165) is 0 Å². The number of nitrogens with zero attached hydrogens (tertiary/aromatic N) is 1. The highest BCUT2D eigenvalue weighted by atomic mass is 32.2. The van der Waals surface area contributed by atoms with Crippen LogP contribution >= 0.6 is 0 Å². The highest BCUT2D eigenvalue weighted by Crippen LogP contribution is 2.31. The number of benzene rings is 3. The lowest BCUT2D eigenvalue weighted by Crippen LogP contribution is -2.40. The van der Waals surface area contributed by atoms with Gasteiger partial charge >= 0.3 is 0 Å². The number of rotatable bonds is 9. The number of hydrogen-bond acceptors (Lipinski definition) is 6. The molecule has 1 heterocycles. The molecule has 0 unspecified atom stereocenters. The van der Waals surface area contributed by atoms with E-state index in [1.54, 1.807) is 31.2 Å². The second kappa shape index (κ2) is 11.4. The lowest BCUT2D eigenvalue weighted by molar-refractivity contribution is 0.0729. The van der Waals surface area contributed by atoms with Crippen molar-refractivity contribution in [3.05, 3.63) is 83.9 Å². The Kier molecular flexibility index (Phi) is 8.02. The first-order valence-corrected chi connectivity index (χ1v) is 12.8. The fourth-order valence-electron chi connectivity index (χ4n) is 3.73. The van der Waals surface area contributed by atoms with Crippen molar-refractivity contribution in [3.63, 3.8) is 0 Å². The van der Waals surface area contributed by atoms with Gasteiger partial charge in [-0.3, -0.25) is 4.79 Å². The predicted octanol–water partition coefficient (Wildman–Crippen LogP) is 3.94. The number of morpholine rings is 1. The van der Waals surface area contributed by atoms with Crippen molar-refractivity contribution >= 4 is 21.6 Å². The second-order valence-electron chi connectivity index (χ2n) is 7.82. The molecule has 1 N–H and O–H groups in total. The Balaban J connectivity index is 1.56. The molecule has 4 rings (SSSR count). The van der Waals surface area contributed by atoms with Gasteiger partial charge in [0.25, 0.3) is 5.91 Å². The lowest BCUT2D eigenvalue weighted by atomic mass is 10.1. The van der Waals surface area contributed by atoms with Gasteiger partial charge in [-0.2, -0.15) is 4.31 Å². The third-order valence-corrected chi connectivity index (χ3v) is 7.41. The average Bonchev–Trinajstić information content (AvgIpc) is 2.89. The second-order valence-corrected chi connectivity index (χ2v) is 9.73. The summed E-state index contributed by atoms with van der Waals surface area (Å²) in [5, 5.41) is 2.82. The minimum absolute atomic E-state index is 0.0137. The van der Waals surface area contributed by atoms with E-state index in [4.69, 9.17) is 14.2 Å². The fourth-order valence-corrected chi connectivity index (χ4v) is 5.30. The number of anilines is 1. The van der Waals surface area contributed by atoms with Crippen LogP contribution in [-0.2, 0) is 21.4 Å². The van der Waals surface area contributed by atoms with E-state index in [-0.39, 0.29) is 36.2 Å². The number of carbonyl (C=O) groups excluding carboxylic acids is 1. The molecule has 1 aliphatic rings. The number of para-hydroxylation sites is 1. The van der Waals surface area contributed by atoms with Gasteiger partial charge in [-0.25, -0.2) is 8.42 Å². The van der Waals surface area contributed by atoms with E-state index < -0.39 is 10.0 Å². The van der Waals surface area contributed by atoms with Gasteiger partial charge in [-0.15, -0.1) is 0 Å². The Morgan fingerprint density at radius 1 is 0.971 bits per heavy atom. The van der Waals surface area contributed by atoms with Crippen LogP contribution in [0.25, 0.3) is 0 Å². The van der Waals surface area contributed by atoms with Gasteiger partial charge in [0.05, 0.1) is 19.8 Å². The van der Waals surface area contributed by atoms with Gasteiger partial charge in [0.1, 0.15) is 23.0 Å². The molecule has 1 amide bonds. The first-order valence-electron chi connectivity index (χ1n) is 11.4. The largest absolute Gasteiger partial charge is 0.492 e. The molecule has 184 valence electrons. The van der Waals surface area contributed by atoms with E-state index in [2.05, 4.69) is 5.32 Å².